The highest BCUT2D eigenvalue weighted by molar-refractivity contribution is 5.96. The summed E-state index contributed by atoms with van der Waals surface area (Å²) in [6.07, 6.45) is 2.13. The van der Waals surface area contributed by atoms with Crippen LogP contribution >= 0.6 is 0 Å². The zero-order chi connectivity index (χ0) is 15.2. The van der Waals surface area contributed by atoms with Crippen molar-refractivity contribution in [3.05, 3.63) is 29.8 Å². The summed E-state index contributed by atoms with van der Waals surface area (Å²) in [5.74, 6) is -0.942. The first-order valence-corrected chi connectivity index (χ1v) is 6.94. The van der Waals surface area contributed by atoms with Crippen LogP contribution in [0.2, 0.25) is 0 Å². The Kier molecular flexibility index (Phi) is 5.16. The minimum atomic E-state index is -1.07. The van der Waals surface area contributed by atoms with E-state index in [1.165, 1.54) is 6.92 Å². The molecule has 1 amide bonds. The fraction of sp³-hybridized carbons (Fsp3) is 0.467. The molecule has 1 aromatic rings. The van der Waals surface area contributed by atoms with Gasteiger partial charge >= 0.3 is 5.97 Å². The molecule has 0 spiro atoms. The number of amides is 1. The molecule has 1 aromatic carbocycles. The maximum absolute atomic E-state index is 11.9. The number of hydrogen-bond acceptors (Lipinski definition) is 4. The fourth-order valence-electron chi connectivity index (χ4n) is 2.03. The van der Waals surface area contributed by atoms with E-state index in [-0.39, 0.29) is 6.10 Å². The Labute approximate surface area is 123 Å². The molecule has 1 heterocycles. The van der Waals surface area contributed by atoms with Gasteiger partial charge in [-0.3, -0.25) is 9.59 Å². The molecule has 1 saturated heterocycles. The van der Waals surface area contributed by atoms with E-state index in [4.69, 9.17) is 14.6 Å². The third-order valence-corrected chi connectivity index (χ3v) is 3.27. The number of carbonyl (C=O) groups excluding carboxylic acids is 1. The zero-order valence-electron chi connectivity index (χ0n) is 11.9. The van der Waals surface area contributed by atoms with Gasteiger partial charge in [-0.1, -0.05) is 6.07 Å². The number of carboxylic acids is 1. The second-order valence-corrected chi connectivity index (χ2v) is 5.01. The van der Waals surface area contributed by atoms with Crippen LogP contribution in [-0.4, -0.2) is 42.3 Å². The van der Waals surface area contributed by atoms with E-state index < -0.39 is 17.9 Å². The first kappa shape index (κ1) is 15.3. The lowest BCUT2D eigenvalue weighted by Gasteiger charge is -2.13. The Balaban J connectivity index is 1.93. The van der Waals surface area contributed by atoms with Crippen molar-refractivity contribution < 1.29 is 24.2 Å². The van der Waals surface area contributed by atoms with Gasteiger partial charge in [-0.15, -0.1) is 0 Å². The van der Waals surface area contributed by atoms with Gasteiger partial charge in [-0.05, 0) is 38.0 Å². The van der Waals surface area contributed by atoms with Gasteiger partial charge in [0.15, 0.2) is 0 Å². The average Bonchev–Trinajstić information content (AvgIpc) is 2.98. The third-order valence-electron chi connectivity index (χ3n) is 3.27. The molecule has 1 fully saturated rings. The minimum absolute atomic E-state index is 0.106. The summed E-state index contributed by atoms with van der Waals surface area (Å²) < 4.78 is 11.1. The molecular weight excluding hydrogens is 274 g/mol. The van der Waals surface area contributed by atoms with E-state index in [1.807, 2.05) is 0 Å². The van der Waals surface area contributed by atoms with Crippen molar-refractivity contribution >= 4 is 11.9 Å². The van der Waals surface area contributed by atoms with E-state index in [0.29, 0.717) is 17.9 Å². The average molecular weight is 293 g/mol. The number of nitrogens with one attached hydrogen (secondary N) is 1. The standard InChI is InChI=1S/C15H19NO5/c1-10(15(18)19)16-14(17)11-4-2-5-12(8-11)21-9-13-6-3-7-20-13/h2,4-5,8,10,13H,3,6-7,9H2,1H3,(H,16,17)(H,18,19). The number of benzene rings is 1. The molecule has 0 aromatic heterocycles. The molecule has 6 nitrogen and oxygen atoms in total. The van der Waals surface area contributed by atoms with Crippen LogP contribution in [0.4, 0.5) is 0 Å². The SMILES string of the molecule is CC(NC(=O)c1cccc(OCC2CCCO2)c1)C(=O)O. The number of carboxylic acid groups (broad SMARTS) is 1. The van der Waals surface area contributed by atoms with Gasteiger partial charge < -0.3 is 19.9 Å². The van der Waals surface area contributed by atoms with Crippen LogP contribution < -0.4 is 10.1 Å². The van der Waals surface area contributed by atoms with E-state index in [1.54, 1.807) is 24.3 Å². The van der Waals surface area contributed by atoms with Crippen LogP contribution in [0.1, 0.15) is 30.1 Å². The summed E-state index contributed by atoms with van der Waals surface area (Å²) in [4.78, 5) is 22.6. The molecule has 2 N–H and O–H groups in total. The zero-order valence-corrected chi connectivity index (χ0v) is 11.9. The number of rotatable bonds is 6. The first-order valence-electron chi connectivity index (χ1n) is 6.94. The van der Waals surface area contributed by atoms with E-state index in [0.717, 1.165) is 19.4 Å². The monoisotopic (exact) mass is 293 g/mol. The van der Waals surface area contributed by atoms with Crippen molar-refractivity contribution in [1.82, 2.24) is 5.32 Å². The lowest BCUT2D eigenvalue weighted by Crippen LogP contribution is -2.38. The van der Waals surface area contributed by atoms with Crippen molar-refractivity contribution in [2.45, 2.75) is 31.9 Å². The molecule has 0 radical (unpaired) electrons. The maximum Gasteiger partial charge on any atom is 0.325 e. The van der Waals surface area contributed by atoms with Crippen molar-refractivity contribution in [1.29, 1.82) is 0 Å². The van der Waals surface area contributed by atoms with Crippen molar-refractivity contribution in [3.63, 3.8) is 0 Å². The van der Waals surface area contributed by atoms with Gasteiger partial charge in [0, 0.05) is 12.2 Å². The van der Waals surface area contributed by atoms with Gasteiger partial charge in [-0.25, -0.2) is 0 Å². The molecule has 21 heavy (non-hydrogen) atoms. The molecule has 0 aliphatic carbocycles. The van der Waals surface area contributed by atoms with Gasteiger partial charge in [0.05, 0.1) is 6.10 Å². The number of ether oxygens (including phenoxy) is 2. The predicted molar refractivity (Wildman–Crippen MR) is 75.5 cm³/mol. The van der Waals surface area contributed by atoms with E-state index in [9.17, 15) is 9.59 Å². The van der Waals surface area contributed by atoms with Crippen LogP contribution in [0.15, 0.2) is 24.3 Å². The molecule has 2 rings (SSSR count). The number of aliphatic carboxylic acids is 1. The number of hydrogen-bond donors (Lipinski definition) is 2. The second-order valence-electron chi connectivity index (χ2n) is 5.01. The summed E-state index contributed by atoms with van der Waals surface area (Å²) in [5, 5.41) is 11.2. The summed E-state index contributed by atoms with van der Waals surface area (Å²) >= 11 is 0. The van der Waals surface area contributed by atoms with Gasteiger partial charge in [-0.2, -0.15) is 0 Å². The van der Waals surface area contributed by atoms with E-state index in [2.05, 4.69) is 5.32 Å². The van der Waals surface area contributed by atoms with Crippen LogP contribution in [0.5, 0.6) is 5.75 Å². The molecule has 1 aliphatic rings. The van der Waals surface area contributed by atoms with Crippen LogP contribution in [-0.2, 0) is 9.53 Å². The normalized spacial score (nSPS) is 19.0. The highest BCUT2D eigenvalue weighted by Gasteiger charge is 2.17. The van der Waals surface area contributed by atoms with Crippen molar-refractivity contribution in [3.8, 4) is 5.75 Å². The second kappa shape index (κ2) is 7.08. The van der Waals surface area contributed by atoms with Crippen LogP contribution in [0, 0.1) is 0 Å². The van der Waals surface area contributed by atoms with Gasteiger partial charge in [0.25, 0.3) is 5.91 Å². The van der Waals surface area contributed by atoms with Gasteiger partial charge in [0.1, 0.15) is 18.4 Å². The Morgan fingerprint density at radius 2 is 2.33 bits per heavy atom. The summed E-state index contributed by atoms with van der Waals surface area (Å²) in [7, 11) is 0. The highest BCUT2D eigenvalue weighted by Crippen LogP contribution is 2.17. The topological polar surface area (TPSA) is 84.9 Å². The van der Waals surface area contributed by atoms with Gasteiger partial charge in [0.2, 0.25) is 0 Å². The van der Waals surface area contributed by atoms with Crippen molar-refractivity contribution in [2.75, 3.05) is 13.2 Å². The largest absolute Gasteiger partial charge is 0.491 e. The fourth-order valence-corrected chi connectivity index (χ4v) is 2.03. The summed E-state index contributed by atoms with van der Waals surface area (Å²) in [6.45, 7) is 2.64. The maximum atomic E-state index is 11.9. The highest BCUT2D eigenvalue weighted by atomic mass is 16.5. The molecule has 2 unspecified atom stereocenters. The van der Waals surface area contributed by atoms with E-state index >= 15 is 0 Å². The molecular formula is C15H19NO5. The Bertz CT molecular complexity index is 511. The lowest BCUT2D eigenvalue weighted by molar-refractivity contribution is -0.138. The molecule has 0 saturated carbocycles. The van der Waals surface area contributed by atoms with Crippen molar-refractivity contribution in [2.24, 2.45) is 0 Å². The predicted octanol–water partition coefficient (Wildman–Crippen LogP) is 1.45. The molecule has 1 aliphatic heterocycles. The Morgan fingerprint density at radius 1 is 1.52 bits per heavy atom. The minimum Gasteiger partial charge on any atom is -0.491 e. The molecule has 6 heteroatoms. The molecule has 0 bridgehead atoms. The summed E-state index contributed by atoms with van der Waals surface area (Å²) in [5.41, 5.74) is 0.368. The molecule has 114 valence electrons. The quantitative estimate of drug-likeness (QED) is 0.829. The lowest BCUT2D eigenvalue weighted by atomic mass is 10.2. The van der Waals surface area contributed by atoms with Crippen LogP contribution in [0.3, 0.4) is 0 Å². The smallest absolute Gasteiger partial charge is 0.325 e. The number of carbonyl (C=O) groups is 2. The third kappa shape index (κ3) is 4.46. The Morgan fingerprint density at radius 3 is 3.00 bits per heavy atom. The summed E-state index contributed by atoms with van der Waals surface area (Å²) in [6, 6.07) is 5.73. The first-order chi connectivity index (χ1) is 10.1. The molecule has 2 atom stereocenters. The Hall–Kier alpha value is -2.08. The van der Waals surface area contributed by atoms with Crippen LogP contribution in [0.25, 0.3) is 0 Å².